The zero-order valence-electron chi connectivity index (χ0n) is 7.60. The van der Waals surface area contributed by atoms with Crippen LogP contribution in [-0.2, 0) is 0 Å². The third kappa shape index (κ3) is 1.35. The predicted molar refractivity (Wildman–Crippen MR) is 52.3 cm³/mol. The maximum atomic E-state index is 10.6. The number of benzene rings is 1. The summed E-state index contributed by atoms with van der Waals surface area (Å²) in [6.07, 6.45) is 4.21. The lowest BCUT2D eigenvalue weighted by molar-refractivity contribution is -0.421. The molecular weight excluding hydrogens is 180 g/mol. The first-order valence-corrected chi connectivity index (χ1v) is 4.13. The number of hydrogen-bond donors (Lipinski definition) is 0. The average Bonchev–Trinajstić information content (AvgIpc) is 2.17. The summed E-state index contributed by atoms with van der Waals surface area (Å²) in [5.41, 5.74) is 1.67. The van der Waals surface area contributed by atoms with Gasteiger partial charge in [0.15, 0.2) is 0 Å². The van der Waals surface area contributed by atoms with Crippen LogP contribution in [0.1, 0.15) is 5.56 Å². The number of nitro groups is 1. The van der Waals surface area contributed by atoms with Crippen LogP contribution in [0.3, 0.4) is 0 Å². The molecule has 2 radical (unpaired) electrons. The van der Waals surface area contributed by atoms with Crippen molar-refractivity contribution < 1.29 is 4.92 Å². The van der Waals surface area contributed by atoms with Gasteiger partial charge in [-0.3, -0.25) is 10.1 Å². The van der Waals surface area contributed by atoms with Crippen LogP contribution in [-0.4, -0.2) is 12.0 Å². The molecule has 0 amide bonds. The summed E-state index contributed by atoms with van der Waals surface area (Å²) in [4.78, 5) is 11.8. The molecule has 1 aliphatic rings. The molecule has 70 valence electrons. The molecule has 0 atom stereocenters. The normalized spacial score (nSPS) is 14.6. The largest absolute Gasteiger partial charge is 0.345 e. The molecule has 0 aliphatic carbocycles. The van der Waals surface area contributed by atoms with Gasteiger partial charge in [-0.2, -0.15) is 0 Å². The molecule has 1 heterocycles. The van der Waals surface area contributed by atoms with Gasteiger partial charge >= 0.3 is 0 Å². The summed E-state index contributed by atoms with van der Waals surface area (Å²) < 4.78 is 0. The third-order valence-corrected chi connectivity index (χ3v) is 2.06. The van der Waals surface area contributed by atoms with Gasteiger partial charge in [-0.15, -0.1) is 0 Å². The Kier molecular flexibility index (Phi) is 1.96. The summed E-state index contributed by atoms with van der Waals surface area (Å²) >= 11 is 0. The topological polar surface area (TPSA) is 46.4 Å². The van der Waals surface area contributed by atoms with Crippen LogP contribution in [0, 0.1) is 16.5 Å². The molecule has 0 spiro atoms. The number of allylic oxidation sites excluding steroid dienone is 1. The van der Waals surface area contributed by atoms with E-state index in [1.165, 1.54) is 6.20 Å². The second-order valence-corrected chi connectivity index (χ2v) is 3.02. The van der Waals surface area contributed by atoms with Crippen molar-refractivity contribution in [3.05, 3.63) is 58.3 Å². The second kappa shape index (κ2) is 3.14. The van der Waals surface area contributed by atoms with Gasteiger partial charge in [-0.25, -0.2) is 0 Å². The SMILES string of the molecule is CN1C=C([N+](=O)[O-])[C]c2ccccc21. The molecule has 1 aliphatic heterocycles. The van der Waals surface area contributed by atoms with Crippen molar-refractivity contribution in [1.82, 2.24) is 0 Å². The number of hydrogen-bond acceptors (Lipinski definition) is 3. The van der Waals surface area contributed by atoms with Crippen molar-refractivity contribution in [3.8, 4) is 0 Å². The van der Waals surface area contributed by atoms with Crippen LogP contribution in [0.4, 0.5) is 5.69 Å². The molecule has 1 aromatic carbocycles. The van der Waals surface area contributed by atoms with E-state index in [1.54, 1.807) is 11.9 Å². The lowest BCUT2D eigenvalue weighted by Gasteiger charge is -2.21. The summed E-state index contributed by atoms with van der Waals surface area (Å²) in [7, 11) is 1.78. The Morgan fingerprint density at radius 2 is 2.14 bits per heavy atom. The van der Waals surface area contributed by atoms with Gasteiger partial charge in [0, 0.05) is 12.7 Å². The minimum atomic E-state index is -0.438. The summed E-state index contributed by atoms with van der Waals surface area (Å²) in [6.45, 7) is 0. The van der Waals surface area contributed by atoms with Crippen molar-refractivity contribution in [3.63, 3.8) is 0 Å². The van der Waals surface area contributed by atoms with E-state index in [1.807, 2.05) is 24.3 Å². The molecule has 0 saturated heterocycles. The first-order valence-electron chi connectivity index (χ1n) is 4.13. The average molecular weight is 188 g/mol. The van der Waals surface area contributed by atoms with Gasteiger partial charge < -0.3 is 4.90 Å². The predicted octanol–water partition coefficient (Wildman–Crippen LogP) is 1.68. The van der Waals surface area contributed by atoms with Crippen LogP contribution >= 0.6 is 0 Å². The maximum absolute atomic E-state index is 10.6. The molecule has 4 heteroatoms. The molecular formula is C10H8N2O2. The van der Waals surface area contributed by atoms with Crippen molar-refractivity contribution in [2.24, 2.45) is 0 Å². The van der Waals surface area contributed by atoms with E-state index in [-0.39, 0.29) is 5.70 Å². The molecule has 0 fully saturated rings. The number of para-hydroxylation sites is 1. The van der Waals surface area contributed by atoms with Crippen LogP contribution in [0.2, 0.25) is 0 Å². The number of fused-ring (bicyclic) bond motifs is 1. The first kappa shape index (κ1) is 8.74. The number of nitrogens with zero attached hydrogens (tertiary/aromatic N) is 2. The Hall–Kier alpha value is -1.84. The van der Waals surface area contributed by atoms with Gasteiger partial charge in [0.1, 0.15) is 6.42 Å². The van der Waals surface area contributed by atoms with Crippen molar-refractivity contribution in [2.75, 3.05) is 11.9 Å². The van der Waals surface area contributed by atoms with Gasteiger partial charge in [-0.1, -0.05) is 18.2 Å². The molecule has 0 N–H and O–H groups in total. The van der Waals surface area contributed by atoms with Crippen molar-refractivity contribution in [1.29, 1.82) is 0 Å². The van der Waals surface area contributed by atoms with Gasteiger partial charge in [0.2, 0.25) is 0 Å². The summed E-state index contributed by atoms with van der Waals surface area (Å²) in [6, 6.07) is 7.43. The van der Waals surface area contributed by atoms with Gasteiger partial charge in [0.05, 0.1) is 11.1 Å². The van der Waals surface area contributed by atoms with E-state index in [0.29, 0.717) is 0 Å². The molecule has 0 bridgehead atoms. The fourth-order valence-electron chi connectivity index (χ4n) is 1.40. The zero-order chi connectivity index (χ0) is 10.1. The molecule has 4 nitrogen and oxygen atoms in total. The monoisotopic (exact) mass is 188 g/mol. The van der Waals surface area contributed by atoms with E-state index >= 15 is 0 Å². The highest BCUT2D eigenvalue weighted by molar-refractivity contribution is 5.63. The highest BCUT2D eigenvalue weighted by Crippen LogP contribution is 2.28. The van der Waals surface area contributed by atoms with Crippen LogP contribution in [0.25, 0.3) is 0 Å². The fraction of sp³-hybridized carbons (Fsp3) is 0.100. The standard InChI is InChI=1S/C10H8N2O2/c1-11-7-9(12(13)14)6-8-4-2-3-5-10(8)11/h2-5,7H,1H3. The molecule has 0 aromatic heterocycles. The lowest BCUT2D eigenvalue weighted by atomic mass is 10.0. The number of anilines is 1. The van der Waals surface area contributed by atoms with Crippen LogP contribution in [0.15, 0.2) is 36.2 Å². The van der Waals surface area contributed by atoms with E-state index < -0.39 is 4.92 Å². The summed E-state index contributed by atoms with van der Waals surface area (Å²) in [5.74, 6) is 0. The molecule has 14 heavy (non-hydrogen) atoms. The van der Waals surface area contributed by atoms with E-state index in [4.69, 9.17) is 0 Å². The molecule has 0 saturated carbocycles. The highest BCUT2D eigenvalue weighted by Gasteiger charge is 2.22. The van der Waals surface area contributed by atoms with Crippen molar-refractivity contribution in [2.45, 2.75) is 0 Å². The third-order valence-electron chi connectivity index (χ3n) is 2.06. The smallest absolute Gasteiger partial charge is 0.275 e. The summed E-state index contributed by atoms with van der Waals surface area (Å²) in [5, 5.41) is 10.6. The van der Waals surface area contributed by atoms with Gasteiger partial charge in [-0.05, 0) is 11.6 Å². The Balaban J connectivity index is 2.42. The zero-order valence-corrected chi connectivity index (χ0v) is 7.60. The fourth-order valence-corrected chi connectivity index (χ4v) is 1.40. The molecule has 0 unspecified atom stereocenters. The van der Waals surface area contributed by atoms with E-state index in [0.717, 1.165) is 11.3 Å². The lowest BCUT2D eigenvalue weighted by Crippen LogP contribution is -2.18. The quantitative estimate of drug-likeness (QED) is 0.497. The van der Waals surface area contributed by atoms with Crippen molar-refractivity contribution >= 4 is 5.69 Å². The minimum Gasteiger partial charge on any atom is -0.345 e. The number of rotatable bonds is 1. The molecule has 2 rings (SSSR count). The van der Waals surface area contributed by atoms with E-state index in [9.17, 15) is 10.1 Å². The highest BCUT2D eigenvalue weighted by atomic mass is 16.6. The second-order valence-electron chi connectivity index (χ2n) is 3.02. The minimum absolute atomic E-state index is 0.00815. The van der Waals surface area contributed by atoms with E-state index in [2.05, 4.69) is 6.42 Å². The Labute approximate surface area is 81.6 Å². The van der Waals surface area contributed by atoms with Crippen LogP contribution in [0.5, 0.6) is 0 Å². The maximum Gasteiger partial charge on any atom is 0.275 e. The van der Waals surface area contributed by atoms with Gasteiger partial charge in [0.25, 0.3) is 5.70 Å². The Morgan fingerprint density at radius 3 is 2.86 bits per heavy atom. The Morgan fingerprint density at radius 1 is 1.43 bits per heavy atom. The Bertz CT molecular complexity index is 412. The first-order chi connectivity index (χ1) is 6.68. The van der Waals surface area contributed by atoms with Crippen LogP contribution < -0.4 is 4.90 Å². The molecule has 1 aromatic rings.